The summed E-state index contributed by atoms with van der Waals surface area (Å²) in [6, 6.07) is 5.33. The lowest BCUT2D eigenvalue weighted by atomic mass is 10.1. The first-order chi connectivity index (χ1) is 10.3. The van der Waals surface area contributed by atoms with Gasteiger partial charge in [-0.25, -0.2) is 4.79 Å². The number of aromatic carboxylic acids is 1. The number of anilines is 1. The van der Waals surface area contributed by atoms with Crippen molar-refractivity contribution in [1.82, 2.24) is 4.57 Å². The van der Waals surface area contributed by atoms with Gasteiger partial charge in [0.25, 0.3) is 0 Å². The Morgan fingerprint density at radius 1 is 1.32 bits per heavy atom. The number of amides is 1. The zero-order valence-corrected chi connectivity index (χ0v) is 13.4. The molecule has 1 aromatic heterocycles. The molecule has 0 radical (unpaired) electrons. The maximum absolute atomic E-state index is 12.2. The third kappa shape index (κ3) is 3.31. The third-order valence-electron chi connectivity index (χ3n) is 3.44. The molecule has 116 valence electrons. The smallest absolute Gasteiger partial charge is 0.337 e. The van der Waals surface area contributed by atoms with E-state index in [0.29, 0.717) is 22.0 Å². The maximum atomic E-state index is 12.2. The van der Waals surface area contributed by atoms with E-state index in [0.717, 1.165) is 5.56 Å². The topological polar surface area (TPSA) is 71.3 Å². The minimum absolute atomic E-state index is 0.0316. The van der Waals surface area contributed by atoms with Crippen LogP contribution in [0.5, 0.6) is 0 Å². The molecule has 1 heterocycles. The molecule has 2 N–H and O–H groups in total. The SMILES string of the molecule is Cc1ccc(NC(=O)Cc2c(C(=O)O)c(C)cn2C)c(Cl)c1. The number of nitrogens with zero attached hydrogens (tertiary/aromatic N) is 1. The molecule has 2 rings (SSSR count). The number of hydrogen-bond donors (Lipinski definition) is 2. The highest BCUT2D eigenvalue weighted by molar-refractivity contribution is 6.33. The molecular formula is C16H17ClN2O3. The fourth-order valence-corrected chi connectivity index (χ4v) is 2.69. The zero-order chi connectivity index (χ0) is 16.4. The Bertz CT molecular complexity index is 750. The van der Waals surface area contributed by atoms with E-state index in [1.165, 1.54) is 0 Å². The largest absolute Gasteiger partial charge is 0.478 e. The normalized spacial score (nSPS) is 10.5. The first-order valence-corrected chi connectivity index (χ1v) is 7.11. The number of carbonyl (C=O) groups is 2. The van der Waals surface area contributed by atoms with Crippen LogP contribution >= 0.6 is 11.6 Å². The Hall–Kier alpha value is -2.27. The number of halogens is 1. The van der Waals surface area contributed by atoms with Gasteiger partial charge in [-0.15, -0.1) is 0 Å². The molecule has 0 aliphatic carbocycles. The molecule has 0 saturated carbocycles. The number of aryl methyl sites for hydroxylation is 3. The lowest BCUT2D eigenvalue weighted by molar-refractivity contribution is -0.115. The first-order valence-electron chi connectivity index (χ1n) is 6.73. The number of benzene rings is 1. The lowest BCUT2D eigenvalue weighted by Crippen LogP contribution is -2.18. The number of aromatic nitrogens is 1. The molecule has 0 aliphatic heterocycles. The van der Waals surface area contributed by atoms with Gasteiger partial charge in [0.1, 0.15) is 0 Å². The highest BCUT2D eigenvalue weighted by Crippen LogP contribution is 2.23. The van der Waals surface area contributed by atoms with Gasteiger partial charge in [0, 0.05) is 18.9 Å². The molecule has 0 bridgehead atoms. The van der Waals surface area contributed by atoms with Crippen LogP contribution in [0, 0.1) is 13.8 Å². The molecule has 1 amide bonds. The van der Waals surface area contributed by atoms with Gasteiger partial charge in [-0.1, -0.05) is 17.7 Å². The Kier molecular flexibility index (Phi) is 4.56. The molecule has 0 spiro atoms. The van der Waals surface area contributed by atoms with Crippen molar-refractivity contribution < 1.29 is 14.7 Å². The van der Waals surface area contributed by atoms with Gasteiger partial charge in [0.2, 0.25) is 5.91 Å². The van der Waals surface area contributed by atoms with E-state index in [1.54, 1.807) is 36.9 Å². The van der Waals surface area contributed by atoms with Crippen molar-refractivity contribution in [2.45, 2.75) is 20.3 Å². The summed E-state index contributed by atoms with van der Waals surface area (Å²) in [6.07, 6.45) is 1.67. The van der Waals surface area contributed by atoms with E-state index < -0.39 is 5.97 Å². The molecule has 6 heteroatoms. The van der Waals surface area contributed by atoms with E-state index in [4.69, 9.17) is 11.6 Å². The Labute approximate surface area is 133 Å². The number of carbonyl (C=O) groups excluding carboxylic acids is 1. The summed E-state index contributed by atoms with van der Waals surface area (Å²) in [6.45, 7) is 3.62. The predicted molar refractivity (Wildman–Crippen MR) is 85.6 cm³/mol. The van der Waals surface area contributed by atoms with Crippen LogP contribution in [-0.4, -0.2) is 21.6 Å². The van der Waals surface area contributed by atoms with Crippen molar-refractivity contribution in [2.75, 3.05) is 5.32 Å². The monoisotopic (exact) mass is 320 g/mol. The van der Waals surface area contributed by atoms with Crippen LogP contribution in [0.3, 0.4) is 0 Å². The van der Waals surface area contributed by atoms with E-state index in [1.807, 2.05) is 13.0 Å². The molecule has 5 nitrogen and oxygen atoms in total. The number of nitrogens with one attached hydrogen (secondary N) is 1. The molecule has 22 heavy (non-hydrogen) atoms. The van der Waals surface area contributed by atoms with E-state index in [9.17, 15) is 14.7 Å². The predicted octanol–water partition coefficient (Wildman–Crippen LogP) is 3.17. The van der Waals surface area contributed by atoms with Crippen LogP contribution in [0.25, 0.3) is 0 Å². The second-order valence-electron chi connectivity index (χ2n) is 5.26. The molecule has 0 unspecified atom stereocenters. The quantitative estimate of drug-likeness (QED) is 0.909. The molecule has 2 aromatic rings. The summed E-state index contributed by atoms with van der Waals surface area (Å²) in [4.78, 5) is 23.5. The standard InChI is InChI=1S/C16H17ClN2O3/c1-9-4-5-12(11(17)6-9)18-14(20)7-13-15(16(21)22)10(2)8-19(13)3/h4-6,8H,7H2,1-3H3,(H,18,20)(H,21,22). The molecule has 1 aromatic carbocycles. The average molecular weight is 321 g/mol. The summed E-state index contributed by atoms with van der Waals surface area (Å²) in [7, 11) is 1.72. The fraction of sp³-hybridized carbons (Fsp3) is 0.250. The third-order valence-corrected chi connectivity index (χ3v) is 3.75. The minimum atomic E-state index is -1.03. The summed E-state index contributed by atoms with van der Waals surface area (Å²) in [5.41, 5.74) is 2.78. The van der Waals surface area contributed by atoms with Gasteiger partial charge in [-0.3, -0.25) is 4.79 Å². The van der Waals surface area contributed by atoms with Gasteiger partial charge in [0.05, 0.1) is 22.7 Å². The van der Waals surface area contributed by atoms with Gasteiger partial charge in [-0.2, -0.15) is 0 Å². The number of carboxylic acid groups (broad SMARTS) is 1. The van der Waals surface area contributed by atoms with Crippen LogP contribution < -0.4 is 5.32 Å². The van der Waals surface area contributed by atoms with Crippen molar-refractivity contribution in [3.63, 3.8) is 0 Å². The Balaban J connectivity index is 2.21. The van der Waals surface area contributed by atoms with Crippen LogP contribution in [-0.2, 0) is 18.3 Å². The number of rotatable bonds is 4. The lowest BCUT2D eigenvalue weighted by Gasteiger charge is -2.09. The summed E-state index contributed by atoms with van der Waals surface area (Å²) in [5.74, 6) is -1.34. The summed E-state index contributed by atoms with van der Waals surface area (Å²) >= 11 is 6.08. The van der Waals surface area contributed by atoms with E-state index in [2.05, 4.69) is 5.32 Å². The van der Waals surface area contributed by atoms with Gasteiger partial charge in [-0.05, 0) is 37.1 Å². The molecule has 0 saturated heterocycles. The van der Waals surface area contributed by atoms with Crippen LogP contribution in [0.1, 0.15) is 27.2 Å². The Morgan fingerprint density at radius 2 is 2.00 bits per heavy atom. The van der Waals surface area contributed by atoms with Gasteiger partial charge < -0.3 is 15.0 Å². The second kappa shape index (κ2) is 6.23. The summed E-state index contributed by atoms with van der Waals surface area (Å²) < 4.78 is 1.66. The van der Waals surface area contributed by atoms with Crippen LogP contribution in [0.15, 0.2) is 24.4 Å². The number of carboxylic acids is 1. The molecule has 0 atom stereocenters. The van der Waals surface area contributed by atoms with Crippen molar-refractivity contribution in [3.8, 4) is 0 Å². The summed E-state index contributed by atoms with van der Waals surface area (Å²) in [5, 5.41) is 12.4. The zero-order valence-electron chi connectivity index (χ0n) is 12.6. The van der Waals surface area contributed by atoms with Crippen LogP contribution in [0.4, 0.5) is 5.69 Å². The number of hydrogen-bond acceptors (Lipinski definition) is 2. The van der Waals surface area contributed by atoms with Crippen molar-refractivity contribution in [1.29, 1.82) is 0 Å². The minimum Gasteiger partial charge on any atom is -0.478 e. The first kappa shape index (κ1) is 16.1. The Morgan fingerprint density at radius 3 is 2.59 bits per heavy atom. The molecule has 0 fully saturated rings. The maximum Gasteiger partial charge on any atom is 0.337 e. The van der Waals surface area contributed by atoms with Crippen molar-refractivity contribution >= 4 is 29.2 Å². The fourth-order valence-electron chi connectivity index (χ4n) is 2.41. The average Bonchev–Trinajstić information content (AvgIpc) is 2.67. The van der Waals surface area contributed by atoms with Gasteiger partial charge in [0.15, 0.2) is 0 Å². The van der Waals surface area contributed by atoms with E-state index >= 15 is 0 Å². The van der Waals surface area contributed by atoms with Crippen molar-refractivity contribution in [2.24, 2.45) is 7.05 Å². The van der Waals surface area contributed by atoms with Crippen molar-refractivity contribution in [3.05, 3.63) is 51.8 Å². The molecule has 0 aliphatic rings. The second-order valence-corrected chi connectivity index (χ2v) is 5.67. The highest BCUT2D eigenvalue weighted by Gasteiger charge is 2.20. The molecular weight excluding hydrogens is 304 g/mol. The van der Waals surface area contributed by atoms with E-state index in [-0.39, 0.29) is 17.9 Å². The highest BCUT2D eigenvalue weighted by atomic mass is 35.5. The van der Waals surface area contributed by atoms with Gasteiger partial charge >= 0.3 is 5.97 Å². The van der Waals surface area contributed by atoms with Crippen LogP contribution in [0.2, 0.25) is 5.02 Å².